The van der Waals surface area contributed by atoms with Gasteiger partial charge >= 0.3 is 0 Å². The molecule has 8 nitrogen and oxygen atoms in total. The third-order valence-corrected chi connectivity index (χ3v) is 4.97. The zero-order valence-corrected chi connectivity index (χ0v) is 17.8. The number of anilines is 1. The highest BCUT2D eigenvalue weighted by Crippen LogP contribution is 2.22. The molecule has 0 atom stereocenters. The van der Waals surface area contributed by atoms with Crippen LogP contribution in [-0.2, 0) is 11.8 Å². The molecular weight excluding hydrogens is 394 g/mol. The highest BCUT2D eigenvalue weighted by Gasteiger charge is 2.19. The van der Waals surface area contributed by atoms with Crippen LogP contribution in [0.4, 0.5) is 5.69 Å². The molecule has 3 aromatic rings. The lowest BCUT2D eigenvalue weighted by atomic mass is 10.2. The van der Waals surface area contributed by atoms with Crippen LogP contribution in [0.2, 0.25) is 0 Å². The van der Waals surface area contributed by atoms with Gasteiger partial charge in [0.1, 0.15) is 23.2 Å². The van der Waals surface area contributed by atoms with Crippen LogP contribution >= 0.6 is 0 Å². The Labute approximate surface area is 181 Å². The molecule has 2 aromatic carbocycles. The normalized spacial score (nSPS) is 11.8. The molecular formula is C23H25N5O3. The van der Waals surface area contributed by atoms with Crippen LogP contribution in [0.3, 0.4) is 0 Å². The van der Waals surface area contributed by atoms with Crippen molar-refractivity contribution in [2.24, 2.45) is 7.05 Å². The lowest BCUT2D eigenvalue weighted by Crippen LogP contribution is -2.34. The van der Waals surface area contributed by atoms with Gasteiger partial charge in [-0.05, 0) is 42.9 Å². The maximum atomic E-state index is 12.4. The highest BCUT2D eigenvalue weighted by atomic mass is 16.5. The van der Waals surface area contributed by atoms with Crippen LogP contribution in [-0.4, -0.2) is 52.2 Å². The number of nitrogens with zero attached hydrogens (tertiary/aromatic N) is 4. The van der Waals surface area contributed by atoms with E-state index >= 15 is 0 Å². The number of nitriles is 1. The molecule has 0 unspecified atom stereocenters. The van der Waals surface area contributed by atoms with Crippen LogP contribution < -0.4 is 10.1 Å². The van der Waals surface area contributed by atoms with Crippen LogP contribution in [0.25, 0.3) is 16.6 Å². The molecule has 0 aliphatic rings. The number of likely N-dealkylation sites (N-methyl/N-ethyl adjacent to an activating group) is 1. The molecule has 0 aliphatic heterocycles. The summed E-state index contributed by atoms with van der Waals surface area (Å²) in [6, 6.07) is 16.6. The van der Waals surface area contributed by atoms with E-state index in [1.165, 1.54) is 0 Å². The molecule has 1 heterocycles. The number of aliphatic hydroxyl groups is 1. The van der Waals surface area contributed by atoms with E-state index in [0.29, 0.717) is 23.8 Å². The fourth-order valence-corrected chi connectivity index (χ4v) is 3.26. The summed E-state index contributed by atoms with van der Waals surface area (Å²) in [6.07, 6.45) is 0. The van der Waals surface area contributed by atoms with E-state index in [-0.39, 0.29) is 30.3 Å². The molecule has 0 aliphatic carbocycles. The number of methoxy groups -OCH3 is 1. The smallest absolute Gasteiger partial charge is 0.238 e. The van der Waals surface area contributed by atoms with Crippen molar-refractivity contribution in [2.45, 2.75) is 6.92 Å². The third-order valence-electron chi connectivity index (χ3n) is 4.97. The minimum absolute atomic E-state index is 0.0542. The summed E-state index contributed by atoms with van der Waals surface area (Å²) in [5.41, 5.74) is 2.35. The van der Waals surface area contributed by atoms with Gasteiger partial charge in [0.05, 0.1) is 31.2 Å². The van der Waals surface area contributed by atoms with Gasteiger partial charge in [0.25, 0.3) is 0 Å². The lowest BCUT2D eigenvalue weighted by molar-refractivity contribution is -0.117. The Hall–Kier alpha value is -3.83. The molecule has 31 heavy (non-hydrogen) atoms. The SMILES string of the molecule is CCN(CC(=O)Nc1ccc(OC)cc1)C/C(O)=C(\C#N)c1nc2ccccc2n1C. The molecule has 2 N–H and O–H groups in total. The Bertz CT molecular complexity index is 1140. The van der Waals surface area contributed by atoms with Gasteiger partial charge in [0.15, 0.2) is 5.82 Å². The largest absolute Gasteiger partial charge is 0.509 e. The average Bonchev–Trinajstić information content (AvgIpc) is 3.10. The number of benzene rings is 2. The van der Waals surface area contributed by atoms with E-state index in [1.54, 1.807) is 47.9 Å². The predicted molar refractivity (Wildman–Crippen MR) is 120 cm³/mol. The van der Waals surface area contributed by atoms with E-state index in [9.17, 15) is 15.2 Å². The first kappa shape index (κ1) is 21.9. The zero-order valence-electron chi connectivity index (χ0n) is 17.8. The number of aliphatic hydroxyl groups excluding tert-OH is 1. The average molecular weight is 419 g/mol. The standard InChI is InChI=1S/C23H25N5O3/c1-4-28(15-22(30)25-16-9-11-17(31-3)12-10-16)14-21(29)18(13-24)23-26-19-7-5-6-8-20(19)27(23)2/h5-12,29H,4,14-15H2,1-3H3,(H,25,30)/b21-18-. The molecule has 8 heteroatoms. The van der Waals surface area contributed by atoms with Crippen molar-refractivity contribution in [1.82, 2.24) is 14.5 Å². The second-order valence-electron chi connectivity index (χ2n) is 7.00. The van der Waals surface area contributed by atoms with Gasteiger partial charge in [-0.2, -0.15) is 5.26 Å². The van der Waals surface area contributed by atoms with Crippen molar-refractivity contribution in [3.8, 4) is 11.8 Å². The number of imidazole rings is 1. The van der Waals surface area contributed by atoms with Crippen molar-refractivity contribution in [3.63, 3.8) is 0 Å². The number of hydrogen-bond acceptors (Lipinski definition) is 6. The van der Waals surface area contributed by atoms with Crippen LogP contribution in [0.15, 0.2) is 54.3 Å². The Balaban J connectivity index is 1.73. The molecule has 0 fully saturated rings. The molecule has 0 bridgehead atoms. The zero-order chi connectivity index (χ0) is 22.4. The second kappa shape index (κ2) is 9.78. The maximum absolute atomic E-state index is 12.4. The summed E-state index contributed by atoms with van der Waals surface area (Å²) in [5, 5.41) is 23.2. The summed E-state index contributed by atoms with van der Waals surface area (Å²) in [4.78, 5) is 18.7. The first-order valence-electron chi connectivity index (χ1n) is 9.87. The van der Waals surface area contributed by atoms with Crippen molar-refractivity contribution in [1.29, 1.82) is 5.26 Å². The Morgan fingerprint density at radius 1 is 1.23 bits per heavy atom. The number of carbonyl (C=O) groups excluding carboxylic acids is 1. The number of para-hydroxylation sites is 2. The predicted octanol–water partition coefficient (Wildman–Crippen LogP) is 3.34. The van der Waals surface area contributed by atoms with Crippen LogP contribution in [0, 0.1) is 11.3 Å². The molecule has 1 amide bonds. The minimum atomic E-state index is -0.221. The summed E-state index contributed by atoms with van der Waals surface area (Å²) in [7, 11) is 3.38. The highest BCUT2D eigenvalue weighted by molar-refractivity contribution is 5.92. The number of rotatable bonds is 8. The van der Waals surface area contributed by atoms with E-state index < -0.39 is 0 Å². The van der Waals surface area contributed by atoms with E-state index in [0.717, 1.165) is 11.0 Å². The summed E-state index contributed by atoms with van der Waals surface area (Å²) >= 11 is 0. The minimum Gasteiger partial charge on any atom is -0.509 e. The number of fused-ring (bicyclic) bond motifs is 1. The molecule has 0 radical (unpaired) electrons. The van der Waals surface area contributed by atoms with E-state index in [4.69, 9.17) is 4.74 Å². The first-order valence-corrected chi connectivity index (χ1v) is 9.87. The molecule has 0 saturated carbocycles. The van der Waals surface area contributed by atoms with Crippen molar-refractivity contribution >= 4 is 28.2 Å². The van der Waals surface area contributed by atoms with Gasteiger partial charge in [-0.3, -0.25) is 9.69 Å². The van der Waals surface area contributed by atoms with E-state index in [1.807, 2.05) is 31.2 Å². The number of ether oxygens (including phenoxy) is 1. The maximum Gasteiger partial charge on any atom is 0.238 e. The van der Waals surface area contributed by atoms with Gasteiger partial charge in [-0.15, -0.1) is 0 Å². The van der Waals surface area contributed by atoms with Crippen molar-refractivity contribution in [2.75, 3.05) is 32.1 Å². The molecule has 0 spiro atoms. The fraction of sp³-hybridized carbons (Fsp3) is 0.261. The lowest BCUT2D eigenvalue weighted by Gasteiger charge is -2.20. The van der Waals surface area contributed by atoms with Gasteiger partial charge in [-0.25, -0.2) is 4.98 Å². The molecule has 1 aromatic heterocycles. The number of aryl methyl sites for hydroxylation is 1. The van der Waals surface area contributed by atoms with E-state index in [2.05, 4.69) is 16.4 Å². The van der Waals surface area contributed by atoms with Gasteiger partial charge in [-0.1, -0.05) is 19.1 Å². The van der Waals surface area contributed by atoms with Crippen molar-refractivity contribution < 1.29 is 14.6 Å². The first-order chi connectivity index (χ1) is 15.0. The summed E-state index contributed by atoms with van der Waals surface area (Å²) in [6.45, 7) is 2.52. The molecule has 160 valence electrons. The topological polar surface area (TPSA) is 103 Å². The summed E-state index contributed by atoms with van der Waals surface area (Å²) in [5.74, 6) is 0.746. The Morgan fingerprint density at radius 2 is 1.94 bits per heavy atom. The Kier molecular flexibility index (Phi) is 6.90. The monoisotopic (exact) mass is 419 g/mol. The number of aromatic nitrogens is 2. The molecule has 0 saturated heterocycles. The number of allylic oxidation sites excluding steroid dienone is 1. The third kappa shape index (κ3) is 5.02. The van der Waals surface area contributed by atoms with Crippen molar-refractivity contribution in [3.05, 3.63) is 60.1 Å². The fourth-order valence-electron chi connectivity index (χ4n) is 3.26. The van der Waals surface area contributed by atoms with Gasteiger partial charge in [0, 0.05) is 12.7 Å². The quantitative estimate of drug-likeness (QED) is 0.429. The summed E-state index contributed by atoms with van der Waals surface area (Å²) < 4.78 is 6.88. The number of hydrogen-bond donors (Lipinski definition) is 2. The number of carbonyl (C=O) groups is 1. The Morgan fingerprint density at radius 3 is 2.55 bits per heavy atom. The van der Waals surface area contributed by atoms with Gasteiger partial charge in [0.2, 0.25) is 5.91 Å². The van der Waals surface area contributed by atoms with Gasteiger partial charge < -0.3 is 19.7 Å². The van der Waals surface area contributed by atoms with Crippen LogP contribution in [0.5, 0.6) is 5.75 Å². The van der Waals surface area contributed by atoms with Crippen LogP contribution in [0.1, 0.15) is 12.7 Å². The number of amides is 1. The number of nitrogens with one attached hydrogen (secondary N) is 1. The second-order valence-corrected chi connectivity index (χ2v) is 7.00. The molecule has 3 rings (SSSR count).